The molecule has 0 bridgehead atoms. The van der Waals surface area contributed by atoms with Gasteiger partial charge in [0.2, 0.25) is 0 Å². The summed E-state index contributed by atoms with van der Waals surface area (Å²) in [6, 6.07) is 5.12. The molecule has 1 unspecified atom stereocenters. The van der Waals surface area contributed by atoms with Crippen molar-refractivity contribution in [3.8, 4) is 10.6 Å². The minimum absolute atomic E-state index is 0.177. The molecule has 0 aromatic carbocycles. The number of aliphatic carboxylic acids is 1. The second-order valence-electron chi connectivity index (χ2n) is 4.35. The van der Waals surface area contributed by atoms with Crippen LogP contribution in [0.3, 0.4) is 0 Å². The molecule has 0 amide bonds. The summed E-state index contributed by atoms with van der Waals surface area (Å²) in [6.07, 6.45) is 0.177. The molecule has 2 N–H and O–H groups in total. The van der Waals surface area contributed by atoms with Gasteiger partial charge in [-0.15, -0.1) is 11.3 Å². The zero-order valence-electron chi connectivity index (χ0n) is 11.1. The topological polar surface area (TPSA) is 96.6 Å². The summed E-state index contributed by atoms with van der Waals surface area (Å²) in [5, 5.41) is 20.1. The molecule has 0 saturated heterocycles. The number of hydrogen-bond acceptors (Lipinski definition) is 4. The predicted octanol–water partition coefficient (Wildman–Crippen LogP) is 2.31. The first-order valence-electron chi connectivity index (χ1n) is 6.22. The van der Waals surface area contributed by atoms with Crippen LogP contribution in [-0.4, -0.2) is 26.7 Å². The molecule has 2 aromatic heterocycles. The van der Waals surface area contributed by atoms with Gasteiger partial charge in [-0.05, 0) is 30.0 Å². The van der Waals surface area contributed by atoms with Gasteiger partial charge in [-0.2, -0.15) is 0 Å². The number of aromatic carboxylic acids is 1. The van der Waals surface area contributed by atoms with E-state index in [0.717, 1.165) is 4.57 Å². The highest BCUT2D eigenvalue weighted by atomic mass is 32.1. The van der Waals surface area contributed by atoms with E-state index < -0.39 is 29.1 Å². The quantitative estimate of drug-likeness (QED) is 0.883. The van der Waals surface area contributed by atoms with E-state index in [0.29, 0.717) is 10.6 Å². The molecule has 0 aliphatic carbocycles. The van der Waals surface area contributed by atoms with Crippen molar-refractivity contribution in [2.75, 3.05) is 0 Å². The first-order valence-corrected chi connectivity index (χ1v) is 7.10. The fraction of sp³-hybridized carbons (Fsp3) is 0.214. The first-order chi connectivity index (χ1) is 9.97. The van der Waals surface area contributed by atoms with Crippen molar-refractivity contribution >= 4 is 23.3 Å². The Morgan fingerprint density at radius 1 is 1.29 bits per heavy atom. The molecule has 21 heavy (non-hydrogen) atoms. The van der Waals surface area contributed by atoms with E-state index in [1.54, 1.807) is 24.4 Å². The maximum absolute atomic E-state index is 12.4. The fourth-order valence-corrected chi connectivity index (χ4v) is 2.87. The lowest BCUT2D eigenvalue weighted by Gasteiger charge is -2.18. The molecular formula is C14H13NO5S. The summed E-state index contributed by atoms with van der Waals surface area (Å²) in [4.78, 5) is 35.5. The van der Waals surface area contributed by atoms with Crippen molar-refractivity contribution in [1.82, 2.24) is 4.57 Å². The van der Waals surface area contributed by atoms with Crippen LogP contribution in [0.25, 0.3) is 10.6 Å². The van der Waals surface area contributed by atoms with Gasteiger partial charge in [0.15, 0.2) is 0 Å². The van der Waals surface area contributed by atoms with Crippen LogP contribution in [0.1, 0.15) is 29.7 Å². The molecule has 0 radical (unpaired) electrons. The molecule has 7 heteroatoms. The van der Waals surface area contributed by atoms with E-state index in [2.05, 4.69) is 0 Å². The van der Waals surface area contributed by atoms with Gasteiger partial charge in [-0.25, -0.2) is 9.59 Å². The van der Waals surface area contributed by atoms with Gasteiger partial charge in [-0.3, -0.25) is 9.36 Å². The van der Waals surface area contributed by atoms with Gasteiger partial charge in [0, 0.05) is 0 Å². The molecule has 0 spiro atoms. The summed E-state index contributed by atoms with van der Waals surface area (Å²) in [5.41, 5.74) is -0.827. The lowest BCUT2D eigenvalue weighted by Crippen LogP contribution is -2.33. The van der Waals surface area contributed by atoms with Crippen molar-refractivity contribution in [2.24, 2.45) is 0 Å². The standard InChI is InChI=1S/C14H13NO5S/c1-2-9(14(19)20)15-10(11-4-3-7-21-11)6-5-8(12(15)16)13(17)18/h3-7,9H,2H2,1H3,(H,17,18)(H,19,20). The number of hydrogen-bond donors (Lipinski definition) is 2. The van der Waals surface area contributed by atoms with Crippen LogP contribution < -0.4 is 5.56 Å². The lowest BCUT2D eigenvalue weighted by atomic mass is 10.1. The van der Waals surface area contributed by atoms with E-state index >= 15 is 0 Å². The average Bonchev–Trinajstić information content (AvgIpc) is 2.94. The van der Waals surface area contributed by atoms with Crippen LogP contribution in [0, 0.1) is 0 Å². The smallest absolute Gasteiger partial charge is 0.341 e. The van der Waals surface area contributed by atoms with Gasteiger partial charge in [-0.1, -0.05) is 13.0 Å². The second-order valence-corrected chi connectivity index (χ2v) is 5.30. The van der Waals surface area contributed by atoms with E-state index in [4.69, 9.17) is 5.11 Å². The number of pyridine rings is 1. The molecule has 2 aromatic rings. The molecule has 110 valence electrons. The average molecular weight is 307 g/mol. The Kier molecular flexibility index (Phi) is 4.23. The van der Waals surface area contributed by atoms with E-state index in [9.17, 15) is 19.5 Å². The third kappa shape index (κ3) is 2.73. The first kappa shape index (κ1) is 15.0. The minimum Gasteiger partial charge on any atom is -0.480 e. The number of carboxylic acid groups (broad SMARTS) is 2. The van der Waals surface area contributed by atoms with Crippen molar-refractivity contribution in [1.29, 1.82) is 0 Å². The third-order valence-corrected chi connectivity index (χ3v) is 4.00. The molecule has 2 heterocycles. The van der Waals surface area contributed by atoms with Crippen LogP contribution in [0.2, 0.25) is 0 Å². The molecule has 2 rings (SSSR count). The number of carbonyl (C=O) groups is 2. The molecule has 1 atom stereocenters. The predicted molar refractivity (Wildman–Crippen MR) is 77.9 cm³/mol. The molecule has 0 aliphatic rings. The highest BCUT2D eigenvalue weighted by Gasteiger charge is 2.25. The largest absolute Gasteiger partial charge is 0.480 e. The zero-order valence-corrected chi connectivity index (χ0v) is 12.0. The monoisotopic (exact) mass is 307 g/mol. The second kappa shape index (κ2) is 5.92. The van der Waals surface area contributed by atoms with E-state index in [1.807, 2.05) is 0 Å². The van der Waals surface area contributed by atoms with Crippen LogP contribution >= 0.6 is 11.3 Å². The van der Waals surface area contributed by atoms with E-state index in [-0.39, 0.29) is 6.42 Å². The number of aromatic nitrogens is 1. The van der Waals surface area contributed by atoms with Crippen LogP contribution in [-0.2, 0) is 4.79 Å². The number of nitrogens with zero attached hydrogens (tertiary/aromatic N) is 1. The number of thiophene rings is 1. The molecule has 0 fully saturated rings. The number of carboxylic acids is 2. The summed E-state index contributed by atoms with van der Waals surface area (Å²) >= 11 is 1.35. The van der Waals surface area contributed by atoms with Gasteiger partial charge in [0.05, 0.1) is 10.6 Å². The molecule has 0 aliphatic heterocycles. The SMILES string of the molecule is CCC(C(=O)O)n1c(-c2cccs2)ccc(C(=O)O)c1=O. The van der Waals surface area contributed by atoms with Crippen LogP contribution in [0.15, 0.2) is 34.4 Å². The Labute approximate surface area is 123 Å². The maximum Gasteiger partial charge on any atom is 0.341 e. The Morgan fingerprint density at radius 3 is 2.48 bits per heavy atom. The molecule has 6 nitrogen and oxygen atoms in total. The summed E-state index contributed by atoms with van der Waals surface area (Å²) < 4.78 is 1.05. The normalized spacial score (nSPS) is 12.0. The van der Waals surface area contributed by atoms with Crippen LogP contribution in [0.5, 0.6) is 0 Å². The van der Waals surface area contributed by atoms with E-state index in [1.165, 1.54) is 23.5 Å². The van der Waals surface area contributed by atoms with Gasteiger partial charge in [0.1, 0.15) is 11.6 Å². The van der Waals surface area contributed by atoms with Gasteiger partial charge in [0.25, 0.3) is 5.56 Å². The van der Waals surface area contributed by atoms with Crippen molar-refractivity contribution < 1.29 is 19.8 Å². The van der Waals surface area contributed by atoms with Crippen molar-refractivity contribution in [2.45, 2.75) is 19.4 Å². The Bertz CT molecular complexity index is 732. The highest BCUT2D eigenvalue weighted by Crippen LogP contribution is 2.27. The molecule has 0 saturated carbocycles. The highest BCUT2D eigenvalue weighted by molar-refractivity contribution is 7.13. The van der Waals surface area contributed by atoms with Gasteiger partial charge >= 0.3 is 11.9 Å². The summed E-state index contributed by atoms with van der Waals surface area (Å²) in [5.74, 6) is -2.54. The van der Waals surface area contributed by atoms with Crippen molar-refractivity contribution in [3.63, 3.8) is 0 Å². The van der Waals surface area contributed by atoms with Crippen molar-refractivity contribution in [3.05, 3.63) is 45.6 Å². The molecular weight excluding hydrogens is 294 g/mol. The lowest BCUT2D eigenvalue weighted by molar-refractivity contribution is -0.141. The fourth-order valence-electron chi connectivity index (χ4n) is 2.12. The minimum atomic E-state index is -1.37. The number of rotatable bonds is 5. The summed E-state index contributed by atoms with van der Waals surface area (Å²) in [7, 11) is 0. The maximum atomic E-state index is 12.4. The van der Waals surface area contributed by atoms with Gasteiger partial charge < -0.3 is 10.2 Å². The Morgan fingerprint density at radius 2 is 2.00 bits per heavy atom. The van der Waals surface area contributed by atoms with Crippen LogP contribution in [0.4, 0.5) is 0 Å². The summed E-state index contributed by atoms with van der Waals surface area (Å²) in [6.45, 7) is 1.64. The third-order valence-electron chi connectivity index (χ3n) is 3.10. The Hall–Kier alpha value is -2.41. The zero-order chi connectivity index (χ0) is 15.6. The Balaban J connectivity index is 2.78.